The minimum absolute atomic E-state index is 0.0661. The second kappa shape index (κ2) is 7.38. The van der Waals surface area contributed by atoms with Crippen molar-refractivity contribution in [3.05, 3.63) is 82.5 Å². The van der Waals surface area contributed by atoms with Crippen molar-refractivity contribution >= 4 is 17.7 Å². The molecule has 5 rings (SSSR count). The highest BCUT2D eigenvalue weighted by Crippen LogP contribution is 2.36. The monoisotopic (exact) mass is 415 g/mol. The number of cyclic esters (lactones) is 1. The molecule has 2 aromatic carbocycles. The predicted molar refractivity (Wildman–Crippen MR) is 117 cm³/mol. The number of esters is 1. The Kier molecular flexibility index (Phi) is 4.65. The second-order valence-corrected chi connectivity index (χ2v) is 8.64. The third-order valence-electron chi connectivity index (χ3n) is 6.41. The zero-order valence-electron chi connectivity index (χ0n) is 17.7. The van der Waals surface area contributed by atoms with E-state index < -0.39 is 11.6 Å². The number of anilines is 1. The largest absolute Gasteiger partial charge is 0.445 e. The Labute approximate surface area is 181 Å². The fraction of sp³-hybridized carbons (Fsp3) is 0.320. The van der Waals surface area contributed by atoms with Gasteiger partial charge >= 0.3 is 5.97 Å². The summed E-state index contributed by atoms with van der Waals surface area (Å²) in [5, 5.41) is 7.64. The van der Waals surface area contributed by atoms with Gasteiger partial charge in [0.15, 0.2) is 5.60 Å². The molecule has 6 nitrogen and oxygen atoms in total. The molecule has 1 aliphatic heterocycles. The second-order valence-electron chi connectivity index (χ2n) is 8.64. The van der Waals surface area contributed by atoms with Crippen LogP contribution < -0.4 is 5.32 Å². The number of aryl methyl sites for hydroxylation is 2. The Hall–Kier alpha value is -3.41. The van der Waals surface area contributed by atoms with Crippen molar-refractivity contribution in [2.75, 3.05) is 5.32 Å². The molecule has 158 valence electrons. The van der Waals surface area contributed by atoms with Crippen LogP contribution in [0, 0.1) is 6.92 Å². The van der Waals surface area contributed by atoms with Gasteiger partial charge in [-0.2, -0.15) is 5.10 Å². The first-order valence-corrected chi connectivity index (χ1v) is 10.7. The normalized spacial score (nSPS) is 22.3. The topological polar surface area (TPSA) is 73.2 Å². The molecule has 1 aromatic heterocycles. The summed E-state index contributed by atoms with van der Waals surface area (Å²) < 4.78 is 7.52. The van der Waals surface area contributed by atoms with Crippen molar-refractivity contribution in [2.45, 2.75) is 51.2 Å². The van der Waals surface area contributed by atoms with Gasteiger partial charge in [0.2, 0.25) is 0 Å². The van der Waals surface area contributed by atoms with Crippen molar-refractivity contribution in [1.82, 2.24) is 9.78 Å². The molecule has 2 atom stereocenters. The minimum atomic E-state index is -1.28. The van der Waals surface area contributed by atoms with E-state index in [0.717, 1.165) is 30.4 Å². The van der Waals surface area contributed by atoms with Crippen molar-refractivity contribution in [3.8, 4) is 0 Å². The predicted octanol–water partition coefficient (Wildman–Crippen LogP) is 4.23. The van der Waals surface area contributed by atoms with Crippen LogP contribution in [0.25, 0.3) is 0 Å². The van der Waals surface area contributed by atoms with Crippen LogP contribution in [0.2, 0.25) is 0 Å². The van der Waals surface area contributed by atoms with E-state index in [-0.39, 0.29) is 11.9 Å². The number of benzene rings is 2. The van der Waals surface area contributed by atoms with Gasteiger partial charge in [0, 0.05) is 12.0 Å². The van der Waals surface area contributed by atoms with Crippen molar-refractivity contribution < 1.29 is 14.3 Å². The lowest BCUT2D eigenvalue weighted by Gasteiger charge is -2.33. The Morgan fingerprint density at radius 2 is 1.90 bits per heavy atom. The summed E-state index contributed by atoms with van der Waals surface area (Å²) in [7, 11) is 0. The summed E-state index contributed by atoms with van der Waals surface area (Å²) in [6.07, 6.45) is 5.19. The molecular formula is C25H25N3O3. The summed E-state index contributed by atoms with van der Waals surface area (Å²) in [6.45, 7) is 3.60. The number of hydrogen-bond donors (Lipinski definition) is 1. The van der Waals surface area contributed by atoms with Crippen molar-refractivity contribution in [3.63, 3.8) is 0 Å². The zero-order chi connectivity index (χ0) is 21.6. The van der Waals surface area contributed by atoms with Crippen LogP contribution in [0.5, 0.6) is 0 Å². The number of rotatable bonds is 3. The third kappa shape index (κ3) is 3.32. The molecule has 1 amide bonds. The number of carbonyl (C=O) groups excluding carboxylic acids is 2. The lowest BCUT2D eigenvalue weighted by molar-refractivity contribution is -0.134. The van der Waals surface area contributed by atoms with Gasteiger partial charge in [0.05, 0.1) is 17.8 Å². The maximum absolute atomic E-state index is 13.3. The summed E-state index contributed by atoms with van der Waals surface area (Å²) in [6, 6.07) is 15.8. The van der Waals surface area contributed by atoms with Gasteiger partial charge in [-0.25, -0.2) is 9.48 Å². The highest BCUT2D eigenvalue weighted by Gasteiger charge is 2.43. The maximum atomic E-state index is 13.3. The van der Waals surface area contributed by atoms with E-state index in [1.807, 2.05) is 29.8 Å². The molecule has 0 fully saturated rings. The number of fused-ring (bicyclic) bond motifs is 2. The number of hydrogen-bond acceptors (Lipinski definition) is 4. The first-order valence-electron chi connectivity index (χ1n) is 10.7. The van der Waals surface area contributed by atoms with Gasteiger partial charge < -0.3 is 10.1 Å². The van der Waals surface area contributed by atoms with Crippen LogP contribution in [0.15, 0.2) is 54.7 Å². The molecule has 2 unspecified atom stereocenters. The highest BCUT2D eigenvalue weighted by molar-refractivity contribution is 6.02. The summed E-state index contributed by atoms with van der Waals surface area (Å²) >= 11 is 0. The summed E-state index contributed by atoms with van der Waals surface area (Å²) in [5.41, 5.74) is 3.51. The fourth-order valence-electron chi connectivity index (χ4n) is 4.72. The van der Waals surface area contributed by atoms with Gasteiger partial charge in [-0.15, -0.1) is 0 Å². The highest BCUT2D eigenvalue weighted by atomic mass is 16.6. The van der Waals surface area contributed by atoms with Gasteiger partial charge in [-0.1, -0.05) is 42.5 Å². The van der Waals surface area contributed by atoms with Gasteiger partial charge in [0.25, 0.3) is 5.91 Å². The Bertz CT molecular complexity index is 1180. The lowest BCUT2D eigenvalue weighted by Crippen LogP contribution is -2.49. The average molecular weight is 415 g/mol. The molecule has 2 heterocycles. The van der Waals surface area contributed by atoms with Gasteiger partial charge in [0.1, 0.15) is 5.82 Å². The molecule has 6 heteroatoms. The number of ether oxygens (including phenoxy) is 1. The van der Waals surface area contributed by atoms with E-state index in [1.54, 1.807) is 25.3 Å². The van der Waals surface area contributed by atoms with E-state index in [9.17, 15) is 9.59 Å². The van der Waals surface area contributed by atoms with E-state index in [1.165, 1.54) is 11.1 Å². The van der Waals surface area contributed by atoms with Gasteiger partial charge in [-0.05, 0) is 55.9 Å². The van der Waals surface area contributed by atoms with Gasteiger partial charge in [-0.3, -0.25) is 4.79 Å². The molecule has 0 saturated heterocycles. The summed E-state index contributed by atoms with van der Waals surface area (Å²) in [5.74, 6) is -0.155. The van der Waals surface area contributed by atoms with E-state index in [4.69, 9.17) is 4.74 Å². The average Bonchev–Trinajstić information content (AvgIpc) is 3.13. The zero-order valence-corrected chi connectivity index (χ0v) is 17.7. The molecule has 2 aliphatic rings. The maximum Gasteiger partial charge on any atom is 0.339 e. The smallest absolute Gasteiger partial charge is 0.339 e. The van der Waals surface area contributed by atoms with Crippen LogP contribution in [0.3, 0.4) is 0 Å². The van der Waals surface area contributed by atoms with Crippen LogP contribution in [0.4, 0.5) is 5.82 Å². The number of nitrogens with one attached hydrogen (secondary N) is 1. The number of carbonyl (C=O) groups is 2. The quantitative estimate of drug-likeness (QED) is 0.650. The minimum Gasteiger partial charge on any atom is -0.445 e. The Morgan fingerprint density at radius 3 is 2.74 bits per heavy atom. The molecule has 0 spiro atoms. The standard InChI is InChI=1S/C25H25N3O3/c1-16-15-26-28(21-13-7-10-17-8-3-5-11-19(17)21)22(16)27-24(30)25(2)14-18-9-4-6-12-20(18)23(29)31-25/h3-6,8-9,11-12,15,21H,7,10,13-14H2,1-2H3,(H,27,30). The van der Waals surface area contributed by atoms with Crippen LogP contribution in [0.1, 0.15) is 58.4 Å². The third-order valence-corrected chi connectivity index (χ3v) is 6.41. The van der Waals surface area contributed by atoms with E-state index in [2.05, 4.69) is 28.6 Å². The molecule has 1 aliphatic carbocycles. The number of aromatic nitrogens is 2. The number of amides is 1. The van der Waals surface area contributed by atoms with Crippen LogP contribution in [-0.4, -0.2) is 27.3 Å². The fourth-order valence-corrected chi connectivity index (χ4v) is 4.72. The number of nitrogens with zero attached hydrogens (tertiary/aromatic N) is 2. The van der Waals surface area contributed by atoms with Crippen molar-refractivity contribution in [1.29, 1.82) is 0 Å². The summed E-state index contributed by atoms with van der Waals surface area (Å²) in [4.78, 5) is 25.9. The molecule has 1 N–H and O–H groups in total. The van der Waals surface area contributed by atoms with Crippen LogP contribution >= 0.6 is 0 Å². The Morgan fingerprint density at radius 1 is 1.16 bits per heavy atom. The molecule has 0 saturated carbocycles. The first kappa shape index (κ1) is 19.5. The molecule has 31 heavy (non-hydrogen) atoms. The van der Waals surface area contributed by atoms with Crippen molar-refractivity contribution in [2.24, 2.45) is 0 Å². The molecule has 0 radical (unpaired) electrons. The lowest BCUT2D eigenvalue weighted by atomic mass is 9.87. The Balaban J connectivity index is 1.45. The SMILES string of the molecule is Cc1cnn(C2CCCc3ccccc32)c1NC(=O)C1(C)Cc2ccccc2C(=O)O1. The molecule has 0 bridgehead atoms. The first-order chi connectivity index (χ1) is 15.0. The molecular weight excluding hydrogens is 390 g/mol. The molecule has 3 aromatic rings. The van der Waals surface area contributed by atoms with E-state index >= 15 is 0 Å². The van der Waals surface area contributed by atoms with Crippen LogP contribution in [-0.2, 0) is 22.4 Å². The van der Waals surface area contributed by atoms with E-state index in [0.29, 0.717) is 17.8 Å².